The first kappa shape index (κ1) is 20.7. The van der Waals surface area contributed by atoms with Gasteiger partial charge >= 0.3 is 0 Å². The zero-order chi connectivity index (χ0) is 22.0. The van der Waals surface area contributed by atoms with Gasteiger partial charge in [0.05, 0.1) is 25.3 Å². The minimum Gasteiger partial charge on any atom is -0.488 e. The molecule has 1 amide bonds. The van der Waals surface area contributed by atoms with E-state index < -0.39 is 5.60 Å². The summed E-state index contributed by atoms with van der Waals surface area (Å²) in [5.74, 6) is 0.373. The fraction of sp³-hybridized carbons (Fsp3) is 0.360. The van der Waals surface area contributed by atoms with E-state index in [1.54, 1.807) is 18.3 Å². The van der Waals surface area contributed by atoms with Crippen LogP contribution < -0.4 is 4.74 Å². The Morgan fingerprint density at radius 2 is 2.03 bits per heavy atom. The molecule has 7 heteroatoms. The minimum atomic E-state index is -0.393. The highest BCUT2D eigenvalue weighted by molar-refractivity contribution is 5.95. The molecule has 1 spiro atoms. The number of rotatable bonds is 5. The lowest BCUT2D eigenvalue weighted by atomic mass is 9.88. The number of likely N-dealkylation sites (tertiary alicyclic amines) is 1. The number of amides is 1. The zero-order valence-corrected chi connectivity index (χ0v) is 17.8. The van der Waals surface area contributed by atoms with E-state index in [0.717, 1.165) is 18.4 Å². The van der Waals surface area contributed by atoms with Gasteiger partial charge < -0.3 is 14.4 Å². The molecule has 0 bridgehead atoms. The summed E-state index contributed by atoms with van der Waals surface area (Å²) in [6.45, 7) is 2.28. The number of piperidine rings is 1. The molecular weight excluding hydrogens is 409 g/mol. The molecule has 0 saturated carbocycles. The first-order chi connectivity index (χ1) is 15.6. The standard InChI is InChI=1S/C25H26FN3O3/c26-20-7-9-21(10-8-20)32-22-15-25(31-17-22)11-3-13-28(18-25)24(30)23-6-2-1-5-19(23)16-29-14-4-12-27-29/h1-2,4-10,12,14,22H,3,11,13,15-18H2/t22-,25+/m1/s1. The van der Waals surface area contributed by atoms with Crippen molar-refractivity contribution in [2.24, 2.45) is 0 Å². The highest BCUT2D eigenvalue weighted by Gasteiger charge is 2.45. The van der Waals surface area contributed by atoms with Crippen LogP contribution in [0, 0.1) is 5.82 Å². The number of benzene rings is 2. The topological polar surface area (TPSA) is 56.6 Å². The third-order valence-corrected chi connectivity index (χ3v) is 6.26. The molecule has 2 aromatic carbocycles. The van der Waals surface area contributed by atoms with Crippen molar-refractivity contribution in [2.75, 3.05) is 19.7 Å². The molecule has 2 aliphatic heterocycles. The smallest absolute Gasteiger partial charge is 0.254 e. The summed E-state index contributed by atoms with van der Waals surface area (Å²) in [4.78, 5) is 15.4. The monoisotopic (exact) mass is 435 g/mol. The van der Waals surface area contributed by atoms with Crippen LogP contribution in [0.3, 0.4) is 0 Å². The van der Waals surface area contributed by atoms with Crippen molar-refractivity contribution in [3.05, 3.63) is 83.9 Å². The van der Waals surface area contributed by atoms with Crippen molar-refractivity contribution in [1.29, 1.82) is 0 Å². The Hall–Kier alpha value is -3.19. The molecule has 5 rings (SSSR count). The van der Waals surface area contributed by atoms with Crippen molar-refractivity contribution in [2.45, 2.75) is 37.5 Å². The van der Waals surface area contributed by atoms with Crippen molar-refractivity contribution >= 4 is 5.91 Å². The Labute approximate surface area is 186 Å². The van der Waals surface area contributed by atoms with Gasteiger partial charge in [-0.2, -0.15) is 5.10 Å². The predicted octanol–water partition coefficient (Wildman–Crippen LogP) is 3.91. The minimum absolute atomic E-state index is 0.0262. The molecule has 0 radical (unpaired) electrons. The zero-order valence-electron chi connectivity index (χ0n) is 17.8. The van der Waals surface area contributed by atoms with Crippen LogP contribution in [0.15, 0.2) is 67.0 Å². The van der Waals surface area contributed by atoms with Crippen LogP contribution >= 0.6 is 0 Å². The number of hydrogen-bond donors (Lipinski definition) is 0. The van der Waals surface area contributed by atoms with Crippen molar-refractivity contribution in [3.63, 3.8) is 0 Å². The molecule has 2 atom stereocenters. The maximum absolute atomic E-state index is 13.5. The van der Waals surface area contributed by atoms with Gasteiger partial charge in [-0.25, -0.2) is 4.39 Å². The average Bonchev–Trinajstić information content (AvgIpc) is 3.46. The first-order valence-electron chi connectivity index (χ1n) is 11.0. The van der Waals surface area contributed by atoms with Gasteiger partial charge in [-0.1, -0.05) is 18.2 Å². The molecule has 2 fully saturated rings. The van der Waals surface area contributed by atoms with Crippen LogP contribution in [0.1, 0.15) is 35.2 Å². The van der Waals surface area contributed by atoms with Gasteiger partial charge in [0.2, 0.25) is 0 Å². The summed E-state index contributed by atoms with van der Waals surface area (Å²) in [7, 11) is 0. The second-order valence-electron chi connectivity index (χ2n) is 8.58. The van der Waals surface area contributed by atoms with Gasteiger partial charge in [-0.05, 0) is 54.8 Å². The number of carbonyl (C=O) groups is 1. The Bertz CT molecular complexity index is 1070. The summed E-state index contributed by atoms with van der Waals surface area (Å²) < 4.78 is 27.2. The summed E-state index contributed by atoms with van der Waals surface area (Å²) in [6.07, 6.45) is 6.02. The number of halogens is 1. The van der Waals surface area contributed by atoms with Gasteiger partial charge in [0.1, 0.15) is 17.7 Å². The molecule has 2 aliphatic rings. The van der Waals surface area contributed by atoms with Crippen LogP contribution in [0.2, 0.25) is 0 Å². The molecule has 0 N–H and O–H groups in total. The molecule has 1 aromatic heterocycles. The SMILES string of the molecule is O=C(c1ccccc1Cn1cccn1)N1CCC[C@]2(C[C@@H](Oc3ccc(F)cc3)CO2)C1. The predicted molar refractivity (Wildman–Crippen MR) is 117 cm³/mol. The fourth-order valence-corrected chi connectivity index (χ4v) is 4.75. The number of aromatic nitrogens is 2. The summed E-state index contributed by atoms with van der Waals surface area (Å²) >= 11 is 0. The highest BCUT2D eigenvalue weighted by Crippen LogP contribution is 2.37. The number of carbonyl (C=O) groups excluding carboxylic acids is 1. The van der Waals surface area contributed by atoms with Gasteiger partial charge in [-0.15, -0.1) is 0 Å². The molecular formula is C25H26FN3O3. The normalized spacial score (nSPS) is 22.9. The number of ether oxygens (including phenoxy) is 2. The lowest BCUT2D eigenvalue weighted by Gasteiger charge is -2.39. The van der Waals surface area contributed by atoms with E-state index >= 15 is 0 Å². The van der Waals surface area contributed by atoms with Gasteiger partial charge in [0.25, 0.3) is 5.91 Å². The quantitative estimate of drug-likeness (QED) is 0.610. The molecule has 166 valence electrons. The molecule has 0 unspecified atom stereocenters. The van der Waals surface area contributed by atoms with Gasteiger partial charge in [-0.3, -0.25) is 9.48 Å². The Morgan fingerprint density at radius 3 is 2.84 bits per heavy atom. The van der Waals surface area contributed by atoms with Gasteiger partial charge in [0.15, 0.2) is 0 Å². The van der Waals surface area contributed by atoms with E-state index in [1.165, 1.54) is 12.1 Å². The van der Waals surface area contributed by atoms with Crippen LogP contribution in [-0.2, 0) is 11.3 Å². The van der Waals surface area contributed by atoms with Crippen LogP contribution in [-0.4, -0.2) is 52.0 Å². The highest BCUT2D eigenvalue weighted by atomic mass is 19.1. The summed E-state index contributed by atoms with van der Waals surface area (Å²) in [6, 6.07) is 15.6. The Morgan fingerprint density at radius 1 is 1.19 bits per heavy atom. The molecule has 0 aliphatic carbocycles. The van der Waals surface area contributed by atoms with Crippen molar-refractivity contribution in [3.8, 4) is 5.75 Å². The molecule has 3 heterocycles. The third-order valence-electron chi connectivity index (χ3n) is 6.26. The maximum atomic E-state index is 13.5. The van der Waals surface area contributed by atoms with Crippen molar-refractivity contribution < 1.29 is 18.7 Å². The van der Waals surface area contributed by atoms with E-state index in [9.17, 15) is 9.18 Å². The van der Waals surface area contributed by atoms with E-state index in [-0.39, 0.29) is 17.8 Å². The largest absolute Gasteiger partial charge is 0.488 e. The van der Waals surface area contributed by atoms with Crippen LogP contribution in [0.25, 0.3) is 0 Å². The van der Waals surface area contributed by atoms with Gasteiger partial charge in [0, 0.05) is 30.9 Å². The summed E-state index contributed by atoms with van der Waals surface area (Å²) in [5.41, 5.74) is 1.26. The lowest BCUT2D eigenvalue weighted by Crippen LogP contribution is -2.50. The lowest BCUT2D eigenvalue weighted by molar-refractivity contribution is -0.0453. The van der Waals surface area contributed by atoms with E-state index in [4.69, 9.17) is 9.47 Å². The third kappa shape index (κ3) is 4.39. The number of nitrogens with zero attached hydrogens (tertiary/aromatic N) is 3. The van der Waals surface area contributed by atoms with E-state index in [2.05, 4.69) is 5.10 Å². The first-order valence-corrected chi connectivity index (χ1v) is 11.0. The van der Waals surface area contributed by atoms with E-state index in [0.29, 0.717) is 44.0 Å². The Kier molecular flexibility index (Phi) is 5.66. The Balaban J connectivity index is 1.27. The number of hydrogen-bond acceptors (Lipinski definition) is 4. The summed E-state index contributed by atoms with van der Waals surface area (Å²) in [5, 5.41) is 4.27. The molecule has 6 nitrogen and oxygen atoms in total. The maximum Gasteiger partial charge on any atom is 0.254 e. The molecule has 3 aromatic rings. The van der Waals surface area contributed by atoms with Crippen molar-refractivity contribution in [1.82, 2.24) is 14.7 Å². The fourth-order valence-electron chi connectivity index (χ4n) is 4.75. The van der Waals surface area contributed by atoms with E-state index in [1.807, 2.05) is 46.1 Å². The molecule has 2 saturated heterocycles. The second-order valence-corrected chi connectivity index (χ2v) is 8.58. The second kappa shape index (κ2) is 8.74. The van der Waals surface area contributed by atoms with Crippen LogP contribution in [0.5, 0.6) is 5.75 Å². The van der Waals surface area contributed by atoms with Crippen LogP contribution in [0.4, 0.5) is 4.39 Å². The average molecular weight is 435 g/mol. The molecule has 32 heavy (non-hydrogen) atoms.